The number of carbonyl (C=O) groups excluding carboxylic acids is 4. The maximum absolute atomic E-state index is 14.8. The maximum atomic E-state index is 14.8. The number of amides is 3. The Labute approximate surface area is 302 Å². The number of fused-ring (bicyclic) bond motifs is 3. The molecule has 0 saturated carbocycles. The van der Waals surface area contributed by atoms with Gasteiger partial charge < -0.3 is 30.0 Å². The number of hydrogen-bond acceptors (Lipinski definition) is 7. The van der Waals surface area contributed by atoms with Crippen molar-refractivity contribution < 1.29 is 33.0 Å². The van der Waals surface area contributed by atoms with Crippen LogP contribution in [0.25, 0.3) is 10.9 Å². The summed E-state index contributed by atoms with van der Waals surface area (Å²) >= 11 is 0. The summed E-state index contributed by atoms with van der Waals surface area (Å²) in [6.45, 7) is 8.45. The SMILES string of the molecule is CC(C)(C)OC(=O)NC(C)(C)C(=O)N[C@H](Cc1c[nH]c2ccccc12)C(=O)N1CCC2(C=Nc3ccc(F)cc32)CC1C(=O)OCC1C=CC=CC1. The van der Waals surface area contributed by atoms with E-state index in [1.807, 2.05) is 48.6 Å². The molecule has 2 aliphatic heterocycles. The van der Waals surface area contributed by atoms with Crippen molar-refractivity contribution in [3.05, 3.63) is 89.9 Å². The lowest BCUT2D eigenvalue weighted by atomic mass is 9.71. The second-order valence-electron chi connectivity index (χ2n) is 15.4. The molecule has 1 spiro atoms. The van der Waals surface area contributed by atoms with Crippen molar-refractivity contribution >= 4 is 46.7 Å². The molecule has 3 N–H and O–H groups in total. The summed E-state index contributed by atoms with van der Waals surface area (Å²) in [5, 5.41) is 6.39. The summed E-state index contributed by atoms with van der Waals surface area (Å²) in [5.74, 6) is -2.11. The van der Waals surface area contributed by atoms with Gasteiger partial charge in [-0.05, 0) is 89.3 Å². The number of carbonyl (C=O) groups is 4. The maximum Gasteiger partial charge on any atom is 0.408 e. The highest BCUT2D eigenvalue weighted by atomic mass is 19.1. The largest absolute Gasteiger partial charge is 0.464 e. The topological polar surface area (TPSA) is 142 Å². The van der Waals surface area contributed by atoms with Gasteiger partial charge in [0.05, 0.1) is 12.3 Å². The summed E-state index contributed by atoms with van der Waals surface area (Å²) in [7, 11) is 0. The third-order valence-corrected chi connectivity index (χ3v) is 9.83. The molecule has 4 atom stereocenters. The Morgan fingerprint density at radius 3 is 2.63 bits per heavy atom. The van der Waals surface area contributed by atoms with E-state index in [2.05, 4.69) is 20.6 Å². The molecule has 2 aromatic carbocycles. The van der Waals surface area contributed by atoms with Crippen LogP contribution in [0.5, 0.6) is 0 Å². The van der Waals surface area contributed by atoms with Crippen molar-refractivity contribution in [1.82, 2.24) is 20.5 Å². The van der Waals surface area contributed by atoms with Gasteiger partial charge in [-0.25, -0.2) is 14.0 Å². The quantitative estimate of drug-likeness (QED) is 0.234. The Kier molecular flexibility index (Phi) is 10.1. The number of hydrogen-bond donors (Lipinski definition) is 3. The second kappa shape index (κ2) is 14.4. The first kappa shape index (κ1) is 36.5. The van der Waals surface area contributed by atoms with Crippen LogP contribution in [0, 0.1) is 11.7 Å². The Morgan fingerprint density at radius 2 is 1.88 bits per heavy atom. The van der Waals surface area contributed by atoms with E-state index in [4.69, 9.17) is 9.47 Å². The van der Waals surface area contributed by atoms with Crippen molar-refractivity contribution in [3.63, 3.8) is 0 Å². The van der Waals surface area contributed by atoms with Crippen LogP contribution >= 0.6 is 0 Å². The van der Waals surface area contributed by atoms with Crippen LogP contribution in [-0.2, 0) is 35.7 Å². The number of nitrogens with one attached hydrogen (secondary N) is 3. The molecule has 52 heavy (non-hydrogen) atoms. The molecule has 3 aromatic rings. The highest BCUT2D eigenvalue weighted by molar-refractivity contribution is 5.96. The van der Waals surface area contributed by atoms with E-state index in [-0.39, 0.29) is 31.9 Å². The lowest BCUT2D eigenvalue weighted by molar-refractivity contribution is -0.159. The molecule has 12 heteroatoms. The molecule has 6 rings (SSSR count). The molecule has 1 aromatic heterocycles. The number of halogens is 1. The van der Waals surface area contributed by atoms with E-state index in [0.717, 1.165) is 16.5 Å². The van der Waals surface area contributed by atoms with Gasteiger partial charge in [0.1, 0.15) is 29.0 Å². The number of piperidine rings is 1. The first-order chi connectivity index (χ1) is 24.6. The zero-order chi connectivity index (χ0) is 37.3. The first-order valence-corrected chi connectivity index (χ1v) is 17.7. The van der Waals surface area contributed by atoms with E-state index in [9.17, 15) is 23.6 Å². The fourth-order valence-electron chi connectivity index (χ4n) is 7.07. The summed E-state index contributed by atoms with van der Waals surface area (Å²) in [4.78, 5) is 64.7. The minimum Gasteiger partial charge on any atom is -0.464 e. The zero-order valence-corrected chi connectivity index (χ0v) is 30.2. The molecule has 1 fully saturated rings. The average Bonchev–Trinajstić information content (AvgIpc) is 3.66. The van der Waals surface area contributed by atoms with Crippen LogP contribution in [0.2, 0.25) is 0 Å². The van der Waals surface area contributed by atoms with Crippen molar-refractivity contribution in [2.24, 2.45) is 10.9 Å². The molecule has 1 aliphatic carbocycles. The molecular formula is C40H46FN5O6. The van der Waals surface area contributed by atoms with Crippen LogP contribution in [-0.4, -0.2) is 76.4 Å². The number of aromatic nitrogens is 1. The van der Waals surface area contributed by atoms with Crippen LogP contribution in [0.4, 0.5) is 14.9 Å². The zero-order valence-electron chi connectivity index (χ0n) is 30.2. The molecule has 3 heterocycles. The number of benzene rings is 2. The number of ether oxygens (including phenoxy) is 2. The summed E-state index contributed by atoms with van der Waals surface area (Å²) in [5.41, 5.74) is -0.125. The number of H-pyrrole nitrogens is 1. The van der Waals surface area contributed by atoms with Gasteiger partial charge in [0.15, 0.2) is 0 Å². The minimum atomic E-state index is -1.47. The molecule has 11 nitrogen and oxygen atoms in total. The van der Waals surface area contributed by atoms with Crippen molar-refractivity contribution in [2.75, 3.05) is 13.2 Å². The number of alkyl carbamates (subject to hydrolysis) is 1. The number of rotatable bonds is 9. The number of para-hydroxylation sites is 1. The van der Waals surface area contributed by atoms with Gasteiger partial charge in [-0.15, -0.1) is 0 Å². The van der Waals surface area contributed by atoms with E-state index < -0.39 is 58.3 Å². The predicted octanol–water partition coefficient (Wildman–Crippen LogP) is 5.96. The molecule has 3 amide bonds. The predicted molar refractivity (Wildman–Crippen MR) is 196 cm³/mol. The third kappa shape index (κ3) is 7.95. The number of likely N-dealkylation sites (tertiary alicyclic amines) is 1. The number of esters is 1. The monoisotopic (exact) mass is 711 g/mol. The Bertz CT molecular complexity index is 1960. The van der Waals surface area contributed by atoms with E-state index >= 15 is 0 Å². The number of aliphatic imine (C=N–C) groups is 1. The van der Waals surface area contributed by atoms with Gasteiger partial charge in [0, 0.05) is 47.6 Å². The second-order valence-corrected chi connectivity index (χ2v) is 15.4. The van der Waals surface area contributed by atoms with E-state index in [0.29, 0.717) is 24.1 Å². The van der Waals surface area contributed by atoms with Gasteiger partial charge in [0.2, 0.25) is 11.8 Å². The van der Waals surface area contributed by atoms with Crippen LogP contribution in [0.15, 0.2) is 78.0 Å². The van der Waals surface area contributed by atoms with Gasteiger partial charge in [-0.2, -0.15) is 0 Å². The van der Waals surface area contributed by atoms with Crippen molar-refractivity contribution in [3.8, 4) is 0 Å². The molecule has 3 aliphatic rings. The van der Waals surface area contributed by atoms with Gasteiger partial charge in [-0.3, -0.25) is 14.6 Å². The normalized spacial score (nSPS) is 21.5. The summed E-state index contributed by atoms with van der Waals surface area (Å²) in [6, 6.07) is 9.85. The van der Waals surface area contributed by atoms with Gasteiger partial charge >= 0.3 is 12.1 Å². The molecule has 0 bridgehead atoms. The fraction of sp³-hybridized carbons (Fsp3) is 0.425. The smallest absolute Gasteiger partial charge is 0.408 e. The van der Waals surface area contributed by atoms with E-state index in [1.54, 1.807) is 39.2 Å². The number of allylic oxidation sites excluding steroid dienone is 3. The Morgan fingerprint density at radius 1 is 1.10 bits per heavy atom. The minimum absolute atomic E-state index is 0.00729. The van der Waals surface area contributed by atoms with Gasteiger partial charge in [-0.1, -0.05) is 42.5 Å². The number of aromatic amines is 1. The van der Waals surface area contributed by atoms with Crippen molar-refractivity contribution in [1.29, 1.82) is 0 Å². The third-order valence-electron chi connectivity index (χ3n) is 9.83. The molecule has 1 saturated heterocycles. The lowest BCUT2D eigenvalue weighted by Gasteiger charge is -2.44. The van der Waals surface area contributed by atoms with E-state index in [1.165, 1.54) is 30.9 Å². The van der Waals surface area contributed by atoms with Crippen LogP contribution in [0.1, 0.15) is 65.0 Å². The first-order valence-electron chi connectivity index (χ1n) is 17.7. The standard InChI is InChI=1S/C40H46FN5O6/c1-38(2,3)52-37(50)45-39(4,5)36(49)44-32(19-26-22-42-30-14-10-9-13-28(26)30)34(47)46-18-17-40(24-43-31-16-15-27(41)20-29(31)40)21-33(46)35(48)51-23-25-11-7-6-8-12-25/h6-11,13-16,20,22,24-25,32-33,42H,12,17-19,21,23H2,1-5H3,(H,44,49)(H,45,50)/t25?,32-,33?,40?/m1/s1. The van der Waals surface area contributed by atoms with Crippen LogP contribution in [0.3, 0.4) is 0 Å². The van der Waals surface area contributed by atoms with Crippen molar-refractivity contribution in [2.45, 2.75) is 88.9 Å². The lowest BCUT2D eigenvalue weighted by Crippen LogP contribution is -2.63. The molecular weight excluding hydrogens is 665 g/mol. The molecule has 0 radical (unpaired) electrons. The average molecular weight is 712 g/mol. The van der Waals surface area contributed by atoms with Gasteiger partial charge in [0.25, 0.3) is 0 Å². The number of nitrogens with zero attached hydrogens (tertiary/aromatic N) is 2. The van der Waals surface area contributed by atoms with Crippen LogP contribution < -0.4 is 10.6 Å². The highest BCUT2D eigenvalue weighted by Gasteiger charge is 2.49. The summed E-state index contributed by atoms with van der Waals surface area (Å²) < 4.78 is 25.8. The Hall–Kier alpha value is -5.26. The summed E-state index contributed by atoms with van der Waals surface area (Å²) in [6.07, 6.45) is 11.9. The fourth-order valence-corrected chi connectivity index (χ4v) is 7.07. The molecule has 274 valence electrons. The molecule has 3 unspecified atom stereocenters. The Balaban J connectivity index is 1.31. The highest BCUT2D eigenvalue weighted by Crippen LogP contribution is 2.46.